The third-order valence-electron chi connectivity index (χ3n) is 11.4. The molecule has 1 aromatic heterocycles. The fraction of sp³-hybridized carbons (Fsp3) is 0.0769. The maximum atomic E-state index is 3.93. The van der Waals surface area contributed by atoms with Crippen molar-refractivity contribution in [1.29, 1.82) is 0 Å². The maximum Gasteiger partial charge on any atom is 0.0541 e. The quantitative estimate of drug-likeness (QED) is 0.184. The minimum Gasteiger partial charge on any atom is -0.355 e. The van der Waals surface area contributed by atoms with E-state index in [-0.39, 0.29) is 5.41 Å². The van der Waals surface area contributed by atoms with Crippen LogP contribution in [0.5, 0.6) is 0 Å². The Kier molecular flexibility index (Phi) is 7.42. The Morgan fingerprint density at radius 2 is 1.07 bits per heavy atom. The van der Waals surface area contributed by atoms with Crippen LogP contribution in [0.2, 0.25) is 0 Å². The molecule has 1 aliphatic carbocycles. The van der Waals surface area contributed by atoms with Gasteiger partial charge in [0.25, 0.3) is 0 Å². The molecule has 9 aromatic rings. The Bertz CT molecular complexity index is 2890. The number of nitrogens with one attached hydrogen (secondary N) is 1. The molecular weight excluding hydrogens is 653 g/mol. The van der Waals surface area contributed by atoms with E-state index in [4.69, 9.17) is 0 Å². The molecule has 0 spiro atoms. The summed E-state index contributed by atoms with van der Waals surface area (Å²) in [5, 5.41) is 6.42. The molecule has 0 unspecified atom stereocenters. The predicted molar refractivity (Wildman–Crippen MR) is 229 cm³/mol. The van der Waals surface area contributed by atoms with Gasteiger partial charge in [-0.15, -0.1) is 0 Å². The van der Waals surface area contributed by atoms with Crippen LogP contribution in [0.3, 0.4) is 0 Å². The molecule has 8 aromatic carbocycles. The lowest BCUT2D eigenvalue weighted by atomic mass is 9.81. The zero-order valence-corrected chi connectivity index (χ0v) is 30.8. The van der Waals surface area contributed by atoms with Crippen LogP contribution in [0.4, 0.5) is 11.4 Å². The number of hydrogen-bond acceptors (Lipinski definition) is 1. The largest absolute Gasteiger partial charge is 0.355 e. The first kappa shape index (κ1) is 32.0. The monoisotopic (exact) mass is 692 g/mol. The molecule has 0 saturated heterocycles. The zero-order chi connectivity index (χ0) is 36.4. The summed E-state index contributed by atoms with van der Waals surface area (Å²) in [5.74, 6) is 0. The lowest BCUT2D eigenvalue weighted by Gasteiger charge is -2.25. The number of aryl methyl sites for hydroxylation is 1. The van der Waals surface area contributed by atoms with Gasteiger partial charge in [-0.25, -0.2) is 0 Å². The Labute approximate surface area is 317 Å². The van der Waals surface area contributed by atoms with Gasteiger partial charge >= 0.3 is 0 Å². The third kappa shape index (κ3) is 5.17. The summed E-state index contributed by atoms with van der Waals surface area (Å²) in [6.45, 7) is 6.84. The van der Waals surface area contributed by atoms with Crippen molar-refractivity contribution in [2.45, 2.75) is 26.2 Å². The van der Waals surface area contributed by atoms with E-state index in [1.54, 1.807) is 0 Å². The smallest absolute Gasteiger partial charge is 0.0541 e. The molecule has 0 bridgehead atoms. The molecule has 0 fully saturated rings. The summed E-state index contributed by atoms with van der Waals surface area (Å²) in [6, 6.07) is 66.6. The highest BCUT2D eigenvalue weighted by Gasteiger charge is 2.37. The molecule has 54 heavy (non-hydrogen) atoms. The lowest BCUT2D eigenvalue weighted by Crippen LogP contribution is -2.16. The number of anilines is 2. The molecule has 258 valence electrons. The summed E-state index contributed by atoms with van der Waals surface area (Å²) in [6.07, 6.45) is 0. The Balaban J connectivity index is 1.09. The Morgan fingerprint density at radius 3 is 1.94 bits per heavy atom. The first-order valence-corrected chi connectivity index (χ1v) is 18.8. The summed E-state index contributed by atoms with van der Waals surface area (Å²) < 4.78 is 2.41. The second-order valence-corrected chi connectivity index (χ2v) is 15.2. The number of rotatable bonds is 6. The lowest BCUT2D eigenvalue weighted by molar-refractivity contribution is 0.662. The molecule has 1 heterocycles. The zero-order valence-electron chi connectivity index (χ0n) is 30.8. The van der Waals surface area contributed by atoms with E-state index in [0.29, 0.717) is 0 Å². The van der Waals surface area contributed by atoms with Gasteiger partial charge in [0.15, 0.2) is 0 Å². The van der Waals surface area contributed by atoms with Crippen molar-refractivity contribution in [2.75, 3.05) is 5.32 Å². The average molecular weight is 693 g/mol. The van der Waals surface area contributed by atoms with Gasteiger partial charge in [0, 0.05) is 38.8 Å². The van der Waals surface area contributed by atoms with Crippen LogP contribution in [-0.2, 0) is 5.41 Å². The van der Waals surface area contributed by atoms with E-state index >= 15 is 0 Å². The van der Waals surface area contributed by atoms with Crippen molar-refractivity contribution >= 4 is 33.2 Å². The van der Waals surface area contributed by atoms with Gasteiger partial charge in [0.1, 0.15) is 0 Å². The van der Waals surface area contributed by atoms with Gasteiger partial charge in [0.05, 0.1) is 11.0 Å². The van der Waals surface area contributed by atoms with Crippen molar-refractivity contribution in [1.82, 2.24) is 4.57 Å². The van der Waals surface area contributed by atoms with Crippen LogP contribution < -0.4 is 5.32 Å². The maximum absolute atomic E-state index is 3.93. The summed E-state index contributed by atoms with van der Waals surface area (Å²) >= 11 is 0. The number of para-hydroxylation sites is 1. The minimum atomic E-state index is -0.112. The normalized spacial score (nSPS) is 12.9. The van der Waals surface area contributed by atoms with Gasteiger partial charge < -0.3 is 9.88 Å². The van der Waals surface area contributed by atoms with Gasteiger partial charge in [-0.3, -0.25) is 0 Å². The number of hydrogen-bond donors (Lipinski definition) is 1. The van der Waals surface area contributed by atoms with E-state index in [1.165, 1.54) is 83.0 Å². The highest BCUT2D eigenvalue weighted by Crippen LogP contribution is 2.52. The molecule has 0 saturated carbocycles. The van der Waals surface area contributed by atoms with Gasteiger partial charge in [-0.2, -0.15) is 0 Å². The summed E-state index contributed by atoms with van der Waals surface area (Å²) in [4.78, 5) is 0. The van der Waals surface area contributed by atoms with Crippen molar-refractivity contribution < 1.29 is 0 Å². The molecule has 0 radical (unpaired) electrons. The van der Waals surface area contributed by atoms with E-state index in [2.05, 4.69) is 213 Å². The number of benzene rings is 8. The number of nitrogens with zero attached hydrogens (tertiary/aromatic N) is 1. The van der Waals surface area contributed by atoms with E-state index in [0.717, 1.165) is 17.1 Å². The molecule has 0 atom stereocenters. The molecule has 2 nitrogen and oxygen atoms in total. The van der Waals surface area contributed by atoms with E-state index in [1.807, 2.05) is 0 Å². The van der Waals surface area contributed by atoms with Gasteiger partial charge in [-0.1, -0.05) is 153 Å². The van der Waals surface area contributed by atoms with Crippen molar-refractivity contribution in [3.8, 4) is 50.2 Å². The standard InChI is InChI=1S/C52H40N2/c1-34-14-11-17-36(30-34)37-18-12-19-40(31-37)54-49-25-10-8-21-42(49)45-33-39(27-29-50(45)54)38-26-28-47(44(32-38)35-15-5-4-6-16-35)53-48-24-13-22-43-41-20-7-9-23-46(41)52(2,3)51(43)48/h4-33,53H,1-3H3. The van der Waals surface area contributed by atoms with E-state index in [9.17, 15) is 0 Å². The van der Waals surface area contributed by atoms with E-state index < -0.39 is 0 Å². The predicted octanol–water partition coefficient (Wildman–Crippen LogP) is 14.1. The SMILES string of the molecule is Cc1cccc(-c2cccc(-n3c4ccccc4c4cc(-c5ccc(Nc6cccc7c6C(C)(C)c6ccccc6-7)c(-c6ccccc6)c5)ccc43)c2)c1. The second-order valence-electron chi connectivity index (χ2n) is 15.2. The average Bonchev–Trinajstić information content (AvgIpc) is 3.67. The minimum absolute atomic E-state index is 0.112. The highest BCUT2D eigenvalue weighted by molar-refractivity contribution is 6.10. The highest BCUT2D eigenvalue weighted by atomic mass is 15.0. The van der Waals surface area contributed by atoms with Gasteiger partial charge in [0.2, 0.25) is 0 Å². The van der Waals surface area contributed by atoms with Gasteiger partial charge in [-0.05, 0) is 106 Å². The number of fused-ring (bicyclic) bond motifs is 6. The first-order valence-electron chi connectivity index (χ1n) is 18.8. The van der Waals surface area contributed by atoms with Crippen LogP contribution in [-0.4, -0.2) is 4.57 Å². The van der Waals surface area contributed by atoms with Crippen LogP contribution in [0.1, 0.15) is 30.5 Å². The number of aromatic nitrogens is 1. The fourth-order valence-electron chi connectivity index (χ4n) is 8.87. The van der Waals surface area contributed by atoms with Crippen LogP contribution in [0, 0.1) is 6.92 Å². The molecule has 1 aliphatic rings. The molecule has 1 N–H and O–H groups in total. The van der Waals surface area contributed by atoms with Crippen LogP contribution in [0.15, 0.2) is 182 Å². The topological polar surface area (TPSA) is 17.0 Å². The van der Waals surface area contributed by atoms with Crippen LogP contribution >= 0.6 is 0 Å². The Hall–Kier alpha value is -6.64. The summed E-state index contributed by atoms with van der Waals surface area (Å²) in [5.41, 5.74) is 19.5. The van der Waals surface area contributed by atoms with Crippen molar-refractivity contribution in [2.24, 2.45) is 0 Å². The second kappa shape index (κ2) is 12.5. The molecule has 2 heteroatoms. The molecular formula is C52H40N2. The third-order valence-corrected chi connectivity index (χ3v) is 11.4. The van der Waals surface area contributed by atoms with Crippen molar-refractivity contribution in [3.05, 3.63) is 199 Å². The van der Waals surface area contributed by atoms with Crippen LogP contribution in [0.25, 0.3) is 72.0 Å². The molecule has 10 rings (SSSR count). The fourth-order valence-corrected chi connectivity index (χ4v) is 8.87. The summed E-state index contributed by atoms with van der Waals surface area (Å²) in [7, 11) is 0. The molecule has 0 amide bonds. The first-order chi connectivity index (χ1) is 26.4. The molecule has 0 aliphatic heterocycles. The van der Waals surface area contributed by atoms with Crippen molar-refractivity contribution in [3.63, 3.8) is 0 Å². The Morgan fingerprint density at radius 1 is 0.426 bits per heavy atom.